The van der Waals surface area contributed by atoms with E-state index in [-0.39, 0.29) is 11.6 Å². The van der Waals surface area contributed by atoms with Crippen LogP contribution in [0.15, 0.2) is 58.7 Å². The number of urea groups is 1. The third-order valence-electron chi connectivity index (χ3n) is 5.79. The average Bonchev–Trinajstić information content (AvgIpc) is 3.53. The molecule has 1 aliphatic rings. The monoisotopic (exact) mass is 549 g/mol. The van der Waals surface area contributed by atoms with Crippen molar-refractivity contribution >= 4 is 46.4 Å². The van der Waals surface area contributed by atoms with Crippen molar-refractivity contribution in [2.24, 2.45) is 0 Å². The van der Waals surface area contributed by atoms with Gasteiger partial charge in [-0.2, -0.15) is 0 Å². The summed E-state index contributed by atoms with van der Waals surface area (Å²) in [6.45, 7) is 17.1. The number of anilines is 1. The number of nitrogens with zero attached hydrogens (tertiary/aromatic N) is 4. The maximum Gasteiger partial charge on any atom is 0.335 e. The standard InChI is InChI=1S/C25H23N5O4S.2C2H6/c1-4-29-20(13-35-25-27-18-10-9-17(23(31)32)11-19(18)34-25)28-22-21(29)15(3)26-24(33)30(22)12-16-7-5-14(2)6-8-16;2*1-2/h5-11H,3-4,12-13H2,1-2H3,(H,26,33)(H,31,32);2*1-2H3. The molecule has 3 heterocycles. The summed E-state index contributed by atoms with van der Waals surface area (Å²) in [6, 6.07) is 12.4. The summed E-state index contributed by atoms with van der Waals surface area (Å²) < 4.78 is 7.79. The molecule has 4 aromatic rings. The highest BCUT2D eigenvalue weighted by Crippen LogP contribution is 2.34. The summed E-state index contributed by atoms with van der Waals surface area (Å²) >= 11 is 1.35. The second-order valence-corrected chi connectivity index (χ2v) is 9.11. The number of aromatic carboxylic acids is 1. The molecule has 0 spiro atoms. The lowest BCUT2D eigenvalue weighted by Gasteiger charge is -2.28. The van der Waals surface area contributed by atoms with E-state index >= 15 is 0 Å². The van der Waals surface area contributed by atoms with Crippen molar-refractivity contribution in [3.05, 3.63) is 77.3 Å². The van der Waals surface area contributed by atoms with Crippen LogP contribution in [0.4, 0.5) is 10.6 Å². The van der Waals surface area contributed by atoms with E-state index in [9.17, 15) is 14.7 Å². The fraction of sp³-hybridized carbons (Fsp3) is 0.310. The zero-order chi connectivity index (χ0) is 28.7. The number of aryl methyl sites for hydroxylation is 1. The Bertz CT molecular complexity index is 1470. The largest absolute Gasteiger partial charge is 0.478 e. The third-order valence-corrected chi connectivity index (χ3v) is 6.61. The molecule has 0 fully saturated rings. The Hall–Kier alpha value is -4.05. The van der Waals surface area contributed by atoms with E-state index in [4.69, 9.17) is 9.40 Å². The maximum atomic E-state index is 12.8. The minimum atomic E-state index is -1.02. The SMILES string of the molecule is C=C1NC(=O)N(Cc2ccc(C)cc2)c2nc(CSc3nc4ccc(C(=O)O)cc4o3)n(CC)c21.CC.CC. The number of rotatable bonds is 7. The Labute approximate surface area is 232 Å². The van der Waals surface area contributed by atoms with Crippen molar-refractivity contribution in [2.75, 3.05) is 4.90 Å². The van der Waals surface area contributed by atoms with Gasteiger partial charge >= 0.3 is 12.0 Å². The number of carboxylic acids is 1. The predicted molar refractivity (Wildman–Crippen MR) is 156 cm³/mol. The van der Waals surface area contributed by atoms with E-state index in [1.807, 2.05) is 70.4 Å². The number of fused-ring (bicyclic) bond motifs is 2. The van der Waals surface area contributed by atoms with Gasteiger partial charge in [0, 0.05) is 6.54 Å². The molecule has 5 rings (SSSR count). The fourth-order valence-electron chi connectivity index (χ4n) is 4.02. The van der Waals surface area contributed by atoms with Gasteiger partial charge in [0.25, 0.3) is 5.22 Å². The van der Waals surface area contributed by atoms with Crippen LogP contribution in [0, 0.1) is 6.92 Å². The molecule has 39 heavy (non-hydrogen) atoms. The smallest absolute Gasteiger partial charge is 0.335 e. The first-order chi connectivity index (χ1) is 18.8. The van der Waals surface area contributed by atoms with Crippen LogP contribution in [-0.4, -0.2) is 31.6 Å². The zero-order valence-corrected chi connectivity index (χ0v) is 24.1. The van der Waals surface area contributed by atoms with Crippen LogP contribution in [0.5, 0.6) is 0 Å². The first-order valence-corrected chi connectivity index (χ1v) is 14.0. The van der Waals surface area contributed by atoms with E-state index in [0.717, 1.165) is 22.6 Å². The van der Waals surface area contributed by atoms with Crippen LogP contribution in [0.2, 0.25) is 0 Å². The molecule has 9 nitrogen and oxygen atoms in total. The molecule has 0 saturated heterocycles. The first kappa shape index (κ1) is 29.5. The minimum absolute atomic E-state index is 0.142. The summed E-state index contributed by atoms with van der Waals surface area (Å²) in [5.74, 6) is 0.744. The molecule has 2 aromatic heterocycles. The topological polar surface area (TPSA) is 113 Å². The summed E-state index contributed by atoms with van der Waals surface area (Å²) in [7, 11) is 0. The number of thioether (sulfide) groups is 1. The molecule has 0 atom stereocenters. The van der Waals surface area contributed by atoms with Gasteiger partial charge in [-0.1, -0.05) is 75.9 Å². The van der Waals surface area contributed by atoms with Gasteiger partial charge in [-0.15, -0.1) is 0 Å². The number of carboxylic acid groups (broad SMARTS) is 1. The summed E-state index contributed by atoms with van der Waals surface area (Å²) in [5.41, 5.74) is 4.58. The lowest BCUT2D eigenvalue weighted by molar-refractivity contribution is 0.0697. The van der Waals surface area contributed by atoms with Crippen LogP contribution in [-0.2, 0) is 18.8 Å². The van der Waals surface area contributed by atoms with E-state index in [2.05, 4.69) is 16.9 Å². The molecule has 206 valence electrons. The van der Waals surface area contributed by atoms with Crippen molar-refractivity contribution in [2.45, 2.75) is 65.6 Å². The molecule has 0 radical (unpaired) electrons. The number of benzene rings is 2. The van der Waals surface area contributed by atoms with E-state index in [1.54, 1.807) is 11.0 Å². The first-order valence-electron chi connectivity index (χ1n) is 13.0. The van der Waals surface area contributed by atoms with Gasteiger partial charge in [-0.05, 0) is 37.6 Å². The molecule has 0 saturated carbocycles. The van der Waals surface area contributed by atoms with Crippen molar-refractivity contribution in [1.29, 1.82) is 0 Å². The number of hydrogen-bond donors (Lipinski definition) is 2. The highest BCUT2D eigenvalue weighted by molar-refractivity contribution is 7.98. The number of nitrogens with one attached hydrogen (secondary N) is 1. The normalized spacial score (nSPS) is 12.2. The number of imidazole rings is 1. The van der Waals surface area contributed by atoms with Crippen molar-refractivity contribution in [3.63, 3.8) is 0 Å². The number of carbonyl (C=O) groups excluding carboxylic acids is 1. The van der Waals surface area contributed by atoms with Gasteiger partial charge in [-0.25, -0.2) is 19.6 Å². The molecular formula is C29H35N5O4S. The van der Waals surface area contributed by atoms with E-state index < -0.39 is 5.97 Å². The van der Waals surface area contributed by atoms with Crippen LogP contribution < -0.4 is 10.2 Å². The van der Waals surface area contributed by atoms with Gasteiger partial charge < -0.3 is 19.4 Å². The van der Waals surface area contributed by atoms with Crippen LogP contribution in [0.1, 0.15) is 67.6 Å². The highest BCUT2D eigenvalue weighted by Gasteiger charge is 2.32. The minimum Gasteiger partial charge on any atom is -0.478 e. The van der Waals surface area contributed by atoms with Gasteiger partial charge in [0.1, 0.15) is 17.0 Å². The second kappa shape index (κ2) is 13.1. The molecular weight excluding hydrogens is 514 g/mol. The van der Waals surface area contributed by atoms with Crippen molar-refractivity contribution in [3.8, 4) is 0 Å². The molecule has 0 aliphatic carbocycles. The van der Waals surface area contributed by atoms with Crippen LogP contribution in [0.25, 0.3) is 16.8 Å². The van der Waals surface area contributed by atoms with Gasteiger partial charge in [-0.3, -0.25) is 4.90 Å². The maximum absolute atomic E-state index is 12.8. The van der Waals surface area contributed by atoms with E-state index in [1.165, 1.54) is 23.9 Å². The van der Waals surface area contributed by atoms with Crippen LogP contribution >= 0.6 is 11.8 Å². The van der Waals surface area contributed by atoms with Gasteiger partial charge in [0.05, 0.1) is 23.6 Å². The zero-order valence-electron chi connectivity index (χ0n) is 23.2. The molecule has 0 bridgehead atoms. The summed E-state index contributed by atoms with van der Waals surface area (Å²) in [6.07, 6.45) is 0. The molecule has 2 N–H and O–H groups in total. The average molecular weight is 550 g/mol. The van der Waals surface area contributed by atoms with Crippen molar-refractivity contribution in [1.82, 2.24) is 19.9 Å². The second-order valence-electron chi connectivity index (χ2n) is 8.18. The Balaban J connectivity index is 0.00000100. The third kappa shape index (κ3) is 6.34. The molecule has 2 aromatic carbocycles. The van der Waals surface area contributed by atoms with E-state index in [0.29, 0.717) is 46.7 Å². The number of aromatic nitrogens is 3. The summed E-state index contributed by atoms with van der Waals surface area (Å²) in [4.78, 5) is 34.9. The Morgan fingerprint density at radius 1 is 1.10 bits per heavy atom. The number of carbonyl (C=O) groups is 2. The number of hydrogen-bond acceptors (Lipinski definition) is 6. The fourth-order valence-corrected chi connectivity index (χ4v) is 4.81. The number of amides is 2. The van der Waals surface area contributed by atoms with Gasteiger partial charge in [0.15, 0.2) is 11.4 Å². The Morgan fingerprint density at radius 2 is 1.79 bits per heavy atom. The lowest BCUT2D eigenvalue weighted by atomic mass is 10.1. The van der Waals surface area contributed by atoms with Crippen molar-refractivity contribution < 1.29 is 19.1 Å². The molecule has 1 aliphatic heterocycles. The predicted octanol–water partition coefficient (Wildman–Crippen LogP) is 7.10. The lowest BCUT2D eigenvalue weighted by Crippen LogP contribution is -2.43. The molecule has 10 heteroatoms. The summed E-state index contributed by atoms with van der Waals surface area (Å²) in [5, 5.41) is 12.5. The quantitative estimate of drug-likeness (QED) is 0.236. The Morgan fingerprint density at radius 3 is 2.44 bits per heavy atom. The number of oxazole rings is 1. The molecule has 0 unspecified atom stereocenters. The van der Waals surface area contributed by atoms with Gasteiger partial charge in [0.2, 0.25) is 0 Å². The van der Waals surface area contributed by atoms with Crippen LogP contribution in [0.3, 0.4) is 0 Å². The Kier molecular flexibility index (Phi) is 9.95. The molecule has 2 amide bonds. The highest BCUT2D eigenvalue weighted by atomic mass is 32.2.